The van der Waals surface area contributed by atoms with Gasteiger partial charge in [-0.25, -0.2) is 0 Å². The van der Waals surface area contributed by atoms with Crippen LogP contribution in [0.2, 0.25) is 5.02 Å². The van der Waals surface area contributed by atoms with E-state index in [2.05, 4.69) is 30.1 Å². The van der Waals surface area contributed by atoms with Crippen molar-refractivity contribution >= 4 is 11.6 Å². The predicted octanol–water partition coefficient (Wildman–Crippen LogP) is 4.47. The Bertz CT molecular complexity index is 467. The van der Waals surface area contributed by atoms with Crippen molar-refractivity contribution in [2.24, 2.45) is 0 Å². The van der Waals surface area contributed by atoms with E-state index < -0.39 is 0 Å². The zero-order valence-corrected chi connectivity index (χ0v) is 10.7. The largest absolute Gasteiger partial charge is 0.261 e. The quantitative estimate of drug-likeness (QED) is 0.775. The molecule has 2 heteroatoms. The molecule has 1 nitrogen and oxygen atoms in total. The molecule has 0 radical (unpaired) electrons. The molecular weight excluding hydrogens is 230 g/mol. The molecule has 0 saturated carbocycles. The zero-order valence-electron chi connectivity index (χ0n) is 9.94. The van der Waals surface area contributed by atoms with E-state index in [9.17, 15) is 0 Å². The molecule has 1 aromatic carbocycles. The Labute approximate surface area is 107 Å². The first-order valence-electron chi connectivity index (χ1n) is 5.95. The Kier molecular flexibility index (Phi) is 4.16. The summed E-state index contributed by atoms with van der Waals surface area (Å²) in [5.74, 6) is 0.489. The summed E-state index contributed by atoms with van der Waals surface area (Å²) in [4.78, 5) is 4.38. The summed E-state index contributed by atoms with van der Waals surface area (Å²) in [7, 11) is 0. The Morgan fingerprint density at radius 1 is 1.18 bits per heavy atom. The van der Waals surface area contributed by atoms with E-state index in [1.165, 1.54) is 5.56 Å². The van der Waals surface area contributed by atoms with E-state index in [-0.39, 0.29) is 0 Å². The average molecular weight is 246 g/mol. The molecule has 0 fully saturated rings. The minimum absolute atomic E-state index is 0.489. The molecule has 0 aliphatic heterocycles. The third-order valence-electron chi connectivity index (χ3n) is 2.99. The van der Waals surface area contributed by atoms with Crippen molar-refractivity contribution in [1.82, 2.24) is 4.98 Å². The van der Waals surface area contributed by atoms with Crippen molar-refractivity contribution in [3.8, 4) is 0 Å². The molecule has 0 spiro atoms. The number of benzene rings is 1. The topological polar surface area (TPSA) is 12.9 Å². The summed E-state index contributed by atoms with van der Waals surface area (Å²) in [5, 5.41) is 0.807. The van der Waals surface area contributed by atoms with Crippen LogP contribution in [-0.2, 0) is 6.42 Å². The molecule has 1 aromatic heterocycles. The van der Waals surface area contributed by atoms with Gasteiger partial charge in [0.2, 0.25) is 0 Å². The van der Waals surface area contributed by atoms with Crippen molar-refractivity contribution in [2.45, 2.75) is 25.7 Å². The second kappa shape index (κ2) is 5.83. The van der Waals surface area contributed by atoms with Crippen LogP contribution in [0, 0.1) is 0 Å². The van der Waals surface area contributed by atoms with Crippen molar-refractivity contribution < 1.29 is 0 Å². The SMILES string of the molecule is CCC(Cc1ccccn1)c1cccc(Cl)c1. The van der Waals surface area contributed by atoms with E-state index in [0.717, 1.165) is 23.6 Å². The van der Waals surface area contributed by atoms with E-state index in [1.54, 1.807) is 0 Å². The van der Waals surface area contributed by atoms with Crippen LogP contribution in [0.25, 0.3) is 0 Å². The number of nitrogens with zero attached hydrogens (tertiary/aromatic N) is 1. The lowest BCUT2D eigenvalue weighted by molar-refractivity contribution is 0.650. The molecule has 2 rings (SSSR count). The Hall–Kier alpha value is -1.34. The van der Waals surface area contributed by atoms with Crippen LogP contribution in [0.4, 0.5) is 0 Å². The number of hydrogen-bond acceptors (Lipinski definition) is 1. The highest BCUT2D eigenvalue weighted by Gasteiger charge is 2.11. The molecule has 0 aliphatic rings. The highest BCUT2D eigenvalue weighted by atomic mass is 35.5. The van der Waals surface area contributed by atoms with Crippen LogP contribution in [0.5, 0.6) is 0 Å². The Morgan fingerprint density at radius 3 is 2.71 bits per heavy atom. The van der Waals surface area contributed by atoms with Gasteiger partial charge < -0.3 is 0 Å². The maximum absolute atomic E-state index is 6.03. The number of hydrogen-bond donors (Lipinski definition) is 0. The fraction of sp³-hybridized carbons (Fsp3) is 0.267. The lowest BCUT2D eigenvalue weighted by Gasteiger charge is -2.15. The van der Waals surface area contributed by atoms with Crippen LogP contribution >= 0.6 is 11.6 Å². The minimum Gasteiger partial charge on any atom is -0.261 e. The van der Waals surface area contributed by atoms with Crippen LogP contribution in [-0.4, -0.2) is 4.98 Å². The number of rotatable bonds is 4. The molecule has 0 saturated heterocycles. The Morgan fingerprint density at radius 2 is 2.06 bits per heavy atom. The molecule has 1 atom stereocenters. The fourth-order valence-corrected chi connectivity index (χ4v) is 2.23. The molecule has 0 aliphatic carbocycles. The predicted molar refractivity (Wildman–Crippen MR) is 72.4 cm³/mol. The monoisotopic (exact) mass is 245 g/mol. The molecular formula is C15H16ClN. The molecule has 88 valence electrons. The summed E-state index contributed by atoms with van der Waals surface area (Å²) in [6.07, 6.45) is 3.91. The van der Waals surface area contributed by atoms with Gasteiger partial charge in [-0.15, -0.1) is 0 Å². The number of pyridine rings is 1. The lowest BCUT2D eigenvalue weighted by atomic mass is 9.92. The standard InChI is InChI=1S/C15H16ClN/c1-2-12(11-15-8-3-4-9-17-15)13-6-5-7-14(16)10-13/h3-10,12H,2,11H2,1H3. The first-order valence-corrected chi connectivity index (χ1v) is 6.32. The van der Waals surface area contributed by atoms with Gasteiger partial charge in [-0.3, -0.25) is 4.98 Å². The normalized spacial score (nSPS) is 12.4. The van der Waals surface area contributed by atoms with Gasteiger partial charge in [0.25, 0.3) is 0 Å². The summed E-state index contributed by atoms with van der Waals surface area (Å²) < 4.78 is 0. The average Bonchev–Trinajstić information content (AvgIpc) is 2.37. The highest BCUT2D eigenvalue weighted by Crippen LogP contribution is 2.25. The number of halogens is 1. The molecule has 2 aromatic rings. The van der Waals surface area contributed by atoms with Gasteiger partial charge >= 0.3 is 0 Å². The van der Waals surface area contributed by atoms with Gasteiger partial charge in [0, 0.05) is 16.9 Å². The first kappa shape index (κ1) is 12.1. The molecule has 1 unspecified atom stereocenters. The zero-order chi connectivity index (χ0) is 12.1. The van der Waals surface area contributed by atoms with Crippen LogP contribution in [0.15, 0.2) is 48.7 Å². The van der Waals surface area contributed by atoms with Gasteiger partial charge in [-0.05, 0) is 48.6 Å². The third kappa shape index (κ3) is 3.31. The lowest BCUT2D eigenvalue weighted by Crippen LogP contribution is -2.03. The summed E-state index contributed by atoms with van der Waals surface area (Å²) in [6.45, 7) is 2.20. The van der Waals surface area contributed by atoms with Crippen LogP contribution in [0.3, 0.4) is 0 Å². The van der Waals surface area contributed by atoms with Crippen molar-refractivity contribution in [2.75, 3.05) is 0 Å². The minimum atomic E-state index is 0.489. The first-order chi connectivity index (χ1) is 8.29. The van der Waals surface area contributed by atoms with Crippen LogP contribution in [0.1, 0.15) is 30.5 Å². The third-order valence-corrected chi connectivity index (χ3v) is 3.23. The summed E-state index contributed by atoms with van der Waals surface area (Å²) in [6, 6.07) is 14.2. The summed E-state index contributed by atoms with van der Waals surface area (Å²) >= 11 is 6.03. The van der Waals surface area contributed by atoms with Gasteiger partial charge in [0.05, 0.1) is 0 Å². The van der Waals surface area contributed by atoms with Gasteiger partial charge in [0.15, 0.2) is 0 Å². The summed E-state index contributed by atoms with van der Waals surface area (Å²) in [5.41, 5.74) is 2.44. The second-order valence-corrected chi connectivity index (χ2v) is 4.62. The van der Waals surface area contributed by atoms with Crippen molar-refractivity contribution in [3.05, 3.63) is 64.9 Å². The highest BCUT2D eigenvalue weighted by molar-refractivity contribution is 6.30. The maximum atomic E-state index is 6.03. The van der Waals surface area contributed by atoms with Crippen molar-refractivity contribution in [1.29, 1.82) is 0 Å². The van der Waals surface area contributed by atoms with Gasteiger partial charge in [-0.2, -0.15) is 0 Å². The van der Waals surface area contributed by atoms with E-state index >= 15 is 0 Å². The molecule has 0 amide bonds. The Balaban J connectivity index is 2.17. The second-order valence-electron chi connectivity index (χ2n) is 4.19. The van der Waals surface area contributed by atoms with E-state index in [0.29, 0.717) is 5.92 Å². The molecule has 1 heterocycles. The fourth-order valence-electron chi connectivity index (χ4n) is 2.03. The molecule has 0 N–H and O–H groups in total. The maximum Gasteiger partial charge on any atom is 0.0409 e. The van der Waals surface area contributed by atoms with Gasteiger partial charge in [0.1, 0.15) is 0 Å². The van der Waals surface area contributed by atoms with Crippen molar-refractivity contribution in [3.63, 3.8) is 0 Å². The van der Waals surface area contributed by atoms with E-state index in [4.69, 9.17) is 11.6 Å². The smallest absolute Gasteiger partial charge is 0.0409 e. The van der Waals surface area contributed by atoms with Crippen LogP contribution < -0.4 is 0 Å². The molecule has 0 bridgehead atoms. The van der Waals surface area contributed by atoms with E-state index in [1.807, 2.05) is 30.5 Å². The number of aromatic nitrogens is 1. The van der Waals surface area contributed by atoms with Gasteiger partial charge in [-0.1, -0.05) is 36.7 Å². The molecule has 17 heavy (non-hydrogen) atoms.